The van der Waals surface area contributed by atoms with Crippen LogP contribution in [0, 0.1) is 0 Å². The molecule has 1 heterocycles. The summed E-state index contributed by atoms with van der Waals surface area (Å²) in [7, 11) is 0. The molecule has 1 atom stereocenters. The summed E-state index contributed by atoms with van der Waals surface area (Å²) in [5.74, 6) is 0.0293. The SMILES string of the molecule is CCCC(C)NC(=O)c1ccc(Br)s1. The van der Waals surface area contributed by atoms with Crippen LogP contribution in [0.2, 0.25) is 0 Å². The van der Waals surface area contributed by atoms with Gasteiger partial charge in [0.15, 0.2) is 0 Å². The minimum absolute atomic E-state index is 0.0293. The Labute approximate surface area is 96.8 Å². The molecule has 0 spiro atoms. The van der Waals surface area contributed by atoms with Gasteiger partial charge in [0.25, 0.3) is 5.91 Å². The lowest BCUT2D eigenvalue weighted by molar-refractivity contribution is 0.0942. The van der Waals surface area contributed by atoms with Gasteiger partial charge in [-0.3, -0.25) is 4.79 Å². The van der Waals surface area contributed by atoms with E-state index >= 15 is 0 Å². The van der Waals surface area contributed by atoms with Crippen molar-refractivity contribution in [1.29, 1.82) is 0 Å². The third-order valence-corrected chi connectivity index (χ3v) is 3.52. The molecule has 1 aromatic rings. The largest absolute Gasteiger partial charge is 0.349 e. The van der Waals surface area contributed by atoms with Crippen molar-refractivity contribution < 1.29 is 4.79 Å². The molecule has 4 heteroatoms. The highest BCUT2D eigenvalue weighted by Crippen LogP contribution is 2.21. The standard InChI is InChI=1S/C10H14BrNOS/c1-3-4-7(2)12-10(13)8-5-6-9(11)14-8/h5-7H,3-4H2,1-2H3,(H,12,13). The zero-order chi connectivity index (χ0) is 10.6. The fraction of sp³-hybridized carbons (Fsp3) is 0.500. The smallest absolute Gasteiger partial charge is 0.261 e. The summed E-state index contributed by atoms with van der Waals surface area (Å²) < 4.78 is 0.991. The first kappa shape index (κ1) is 11.7. The Morgan fingerprint density at radius 2 is 2.36 bits per heavy atom. The molecular formula is C10H14BrNOS. The number of carbonyl (C=O) groups is 1. The van der Waals surface area contributed by atoms with Gasteiger partial charge in [-0.1, -0.05) is 13.3 Å². The Balaban J connectivity index is 2.50. The summed E-state index contributed by atoms with van der Waals surface area (Å²) in [6.45, 7) is 4.15. The van der Waals surface area contributed by atoms with Crippen molar-refractivity contribution in [3.8, 4) is 0 Å². The second-order valence-electron chi connectivity index (χ2n) is 3.27. The van der Waals surface area contributed by atoms with Crippen LogP contribution in [-0.2, 0) is 0 Å². The van der Waals surface area contributed by atoms with Crippen molar-refractivity contribution >= 4 is 33.2 Å². The molecule has 0 saturated carbocycles. The third-order valence-electron chi connectivity index (χ3n) is 1.90. The zero-order valence-corrected chi connectivity index (χ0v) is 10.7. The Morgan fingerprint density at radius 1 is 1.64 bits per heavy atom. The molecule has 0 bridgehead atoms. The number of amides is 1. The van der Waals surface area contributed by atoms with Gasteiger partial charge < -0.3 is 5.32 Å². The van der Waals surface area contributed by atoms with Crippen LogP contribution in [0.3, 0.4) is 0 Å². The second kappa shape index (κ2) is 5.51. The maximum atomic E-state index is 11.6. The molecule has 14 heavy (non-hydrogen) atoms. The van der Waals surface area contributed by atoms with Gasteiger partial charge in [-0.15, -0.1) is 11.3 Å². The molecular weight excluding hydrogens is 262 g/mol. The first-order valence-electron chi connectivity index (χ1n) is 4.69. The van der Waals surface area contributed by atoms with Gasteiger partial charge in [0, 0.05) is 6.04 Å². The maximum Gasteiger partial charge on any atom is 0.261 e. The number of hydrogen-bond acceptors (Lipinski definition) is 2. The minimum Gasteiger partial charge on any atom is -0.349 e. The highest BCUT2D eigenvalue weighted by Gasteiger charge is 2.10. The quantitative estimate of drug-likeness (QED) is 0.896. The Hall–Kier alpha value is -0.350. The Kier molecular flexibility index (Phi) is 4.62. The first-order valence-corrected chi connectivity index (χ1v) is 6.30. The number of thiophene rings is 1. The molecule has 1 N–H and O–H groups in total. The van der Waals surface area contributed by atoms with E-state index in [1.165, 1.54) is 11.3 Å². The van der Waals surface area contributed by atoms with E-state index in [2.05, 4.69) is 28.2 Å². The van der Waals surface area contributed by atoms with Crippen LogP contribution in [0.4, 0.5) is 0 Å². The molecule has 0 radical (unpaired) electrons. The Bertz CT molecular complexity index is 311. The van der Waals surface area contributed by atoms with E-state index in [0.29, 0.717) is 0 Å². The van der Waals surface area contributed by atoms with E-state index in [9.17, 15) is 4.79 Å². The number of hydrogen-bond donors (Lipinski definition) is 1. The molecule has 0 aliphatic rings. The molecule has 1 aromatic heterocycles. The predicted octanol–water partition coefficient (Wildman–Crippen LogP) is 3.43. The molecule has 0 fully saturated rings. The van der Waals surface area contributed by atoms with Gasteiger partial charge in [-0.25, -0.2) is 0 Å². The molecule has 78 valence electrons. The van der Waals surface area contributed by atoms with Crippen molar-refractivity contribution in [2.75, 3.05) is 0 Å². The van der Waals surface area contributed by atoms with Crippen LogP contribution in [0.1, 0.15) is 36.4 Å². The first-order chi connectivity index (χ1) is 6.63. The molecule has 1 rings (SSSR count). The summed E-state index contributed by atoms with van der Waals surface area (Å²) >= 11 is 4.80. The Morgan fingerprint density at radius 3 is 2.86 bits per heavy atom. The van der Waals surface area contributed by atoms with Gasteiger partial charge in [-0.2, -0.15) is 0 Å². The van der Waals surface area contributed by atoms with Gasteiger partial charge in [0.05, 0.1) is 8.66 Å². The van der Waals surface area contributed by atoms with Crippen LogP contribution >= 0.6 is 27.3 Å². The third kappa shape index (κ3) is 3.42. The molecule has 0 aliphatic heterocycles. The molecule has 2 nitrogen and oxygen atoms in total. The monoisotopic (exact) mass is 275 g/mol. The highest BCUT2D eigenvalue weighted by atomic mass is 79.9. The fourth-order valence-electron chi connectivity index (χ4n) is 1.24. The zero-order valence-electron chi connectivity index (χ0n) is 8.34. The van der Waals surface area contributed by atoms with Crippen molar-refractivity contribution in [3.63, 3.8) is 0 Å². The van der Waals surface area contributed by atoms with Crippen molar-refractivity contribution in [2.45, 2.75) is 32.7 Å². The van der Waals surface area contributed by atoms with Crippen LogP contribution in [-0.4, -0.2) is 11.9 Å². The minimum atomic E-state index is 0.0293. The summed E-state index contributed by atoms with van der Waals surface area (Å²) in [5.41, 5.74) is 0. The molecule has 1 amide bonds. The topological polar surface area (TPSA) is 29.1 Å². The van der Waals surface area contributed by atoms with Crippen molar-refractivity contribution in [1.82, 2.24) is 5.32 Å². The lowest BCUT2D eigenvalue weighted by Gasteiger charge is -2.11. The molecule has 0 aliphatic carbocycles. The number of nitrogens with one attached hydrogen (secondary N) is 1. The number of halogens is 1. The van der Waals surface area contributed by atoms with E-state index in [-0.39, 0.29) is 11.9 Å². The summed E-state index contributed by atoms with van der Waals surface area (Å²) in [6, 6.07) is 3.99. The lowest BCUT2D eigenvalue weighted by atomic mass is 10.2. The van der Waals surface area contributed by atoms with Gasteiger partial charge in [0.2, 0.25) is 0 Å². The second-order valence-corrected chi connectivity index (χ2v) is 5.73. The van der Waals surface area contributed by atoms with Crippen LogP contribution in [0.15, 0.2) is 15.9 Å². The summed E-state index contributed by atoms with van der Waals surface area (Å²) in [6.07, 6.45) is 2.12. The molecule has 0 saturated heterocycles. The average Bonchev–Trinajstić information content (AvgIpc) is 2.52. The van der Waals surface area contributed by atoms with E-state index in [1.807, 2.05) is 19.1 Å². The summed E-state index contributed by atoms with van der Waals surface area (Å²) in [5, 5.41) is 2.96. The maximum absolute atomic E-state index is 11.6. The summed E-state index contributed by atoms with van der Waals surface area (Å²) in [4.78, 5) is 12.4. The fourth-order valence-corrected chi connectivity index (χ4v) is 2.53. The van der Waals surface area contributed by atoms with E-state index in [0.717, 1.165) is 21.5 Å². The lowest BCUT2D eigenvalue weighted by Crippen LogP contribution is -2.31. The van der Waals surface area contributed by atoms with Crippen molar-refractivity contribution in [2.24, 2.45) is 0 Å². The van der Waals surface area contributed by atoms with Crippen LogP contribution in [0.25, 0.3) is 0 Å². The molecule has 1 unspecified atom stereocenters. The average molecular weight is 276 g/mol. The predicted molar refractivity (Wildman–Crippen MR) is 63.9 cm³/mol. The normalized spacial score (nSPS) is 12.5. The van der Waals surface area contributed by atoms with Crippen LogP contribution < -0.4 is 5.32 Å². The van der Waals surface area contributed by atoms with Gasteiger partial charge in [0.1, 0.15) is 0 Å². The number of carbonyl (C=O) groups excluding carboxylic acids is 1. The highest BCUT2D eigenvalue weighted by molar-refractivity contribution is 9.11. The van der Waals surface area contributed by atoms with Gasteiger partial charge >= 0.3 is 0 Å². The van der Waals surface area contributed by atoms with E-state index in [1.54, 1.807) is 0 Å². The number of rotatable bonds is 4. The van der Waals surface area contributed by atoms with Crippen molar-refractivity contribution in [3.05, 3.63) is 20.8 Å². The van der Waals surface area contributed by atoms with E-state index < -0.39 is 0 Å². The van der Waals surface area contributed by atoms with E-state index in [4.69, 9.17) is 0 Å². The van der Waals surface area contributed by atoms with Gasteiger partial charge in [-0.05, 0) is 41.4 Å². The molecule has 0 aromatic carbocycles. The van der Waals surface area contributed by atoms with Crippen LogP contribution in [0.5, 0.6) is 0 Å².